The van der Waals surface area contributed by atoms with E-state index in [1.807, 2.05) is 0 Å². The lowest BCUT2D eigenvalue weighted by molar-refractivity contribution is -0.140. The van der Waals surface area contributed by atoms with Crippen LogP contribution < -0.4 is 5.73 Å². The van der Waals surface area contributed by atoms with E-state index in [0.717, 1.165) is 11.3 Å². The molecule has 1 aromatic heterocycles. The summed E-state index contributed by atoms with van der Waals surface area (Å²) < 4.78 is 20.0. The Hall–Kier alpha value is -2.70. The Morgan fingerprint density at radius 2 is 1.96 bits per heavy atom. The largest absolute Gasteiger partial charge is 0.449 e. The van der Waals surface area contributed by atoms with Crippen LogP contribution in [0.5, 0.6) is 0 Å². The fraction of sp³-hybridized carbons (Fsp3) is 0.450. The van der Waals surface area contributed by atoms with Crippen LogP contribution in [0.15, 0.2) is 33.9 Å². The third-order valence-corrected chi connectivity index (χ3v) is 5.63. The molecule has 1 aliphatic rings. The Morgan fingerprint density at radius 3 is 2.59 bits per heavy atom. The first-order valence-electron chi connectivity index (χ1n) is 8.89. The Morgan fingerprint density at radius 1 is 1.26 bits per heavy atom. The molecule has 0 fully saturated rings. The number of nitrogens with two attached hydrogens (primary N) is 1. The number of oxazole rings is 1. The number of rotatable bonds is 4. The van der Waals surface area contributed by atoms with Gasteiger partial charge in [0.15, 0.2) is 11.9 Å². The molecule has 0 aliphatic carbocycles. The molecule has 0 unspecified atom stereocenters. The molecule has 1 atom stereocenters. The van der Waals surface area contributed by atoms with Gasteiger partial charge in [0.1, 0.15) is 17.6 Å². The van der Waals surface area contributed by atoms with Gasteiger partial charge in [-0.3, -0.25) is 9.69 Å². The minimum atomic E-state index is -1.11. The number of aromatic nitrogens is 1. The fourth-order valence-corrected chi connectivity index (χ4v) is 3.47. The van der Waals surface area contributed by atoms with Gasteiger partial charge in [0.2, 0.25) is 5.91 Å². The van der Waals surface area contributed by atoms with Crippen LogP contribution in [0.1, 0.15) is 43.5 Å². The summed E-state index contributed by atoms with van der Waals surface area (Å²) in [6, 6.07) is 4.94. The molecule has 144 valence electrons. The molecule has 0 bridgehead atoms. The first-order chi connectivity index (χ1) is 12.6. The van der Waals surface area contributed by atoms with Gasteiger partial charge in [-0.15, -0.1) is 0 Å². The average molecular weight is 372 g/mol. The van der Waals surface area contributed by atoms with Gasteiger partial charge in [0, 0.05) is 19.5 Å². The zero-order valence-corrected chi connectivity index (χ0v) is 16.3. The molecule has 6 nitrogen and oxygen atoms in total. The van der Waals surface area contributed by atoms with Gasteiger partial charge in [-0.05, 0) is 45.2 Å². The molecule has 27 heavy (non-hydrogen) atoms. The first-order valence-corrected chi connectivity index (χ1v) is 8.89. The smallest absolute Gasteiger partial charge is 0.237 e. The second kappa shape index (κ2) is 6.48. The van der Waals surface area contributed by atoms with E-state index in [9.17, 15) is 9.18 Å². The number of benzene rings is 1. The fourth-order valence-electron chi connectivity index (χ4n) is 3.47. The molecule has 0 radical (unpaired) electrons. The first kappa shape index (κ1) is 19.1. The highest BCUT2D eigenvalue weighted by Crippen LogP contribution is 2.47. The van der Waals surface area contributed by atoms with Crippen molar-refractivity contribution in [3.8, 4) is 0 Å². The van der Waals surface area contributed by atoms with Gasteiger partial charge in [-0.25, -0.2) is 14.4 Å². The molecule has 1 amide bonds. The minimum absolute atomic E-state index is 0.0877. The van der Waals surface area contributed by atoms with Gasteiger partial charge in [-0.1, -0.05) is 12.1 Å². The Bertz CT molecular complexity index is 918. The van der Waals surface area contributed by atoms with Crippen molar-refractivity contribution in [2.24, 2.45) is 16.1 Å². The van der Waals surface area contributed by atoms with Crippen molar-refractivity contribution in [1.29, 1.82) is 0 Å². The van der Waals surface area contributed by atoms with Gasteiger partial charge in [0.25, 0.3) is 0 Å². The van der Waals surface area contributed by atoms with Crippen LogP contribution in [0.25, 0.3) is 0 Å². The summed E-state index contributed by atoms with van der Waals surface area (Å²) in [6.07, 6.45) is 2.98. The molecule has 1 aromatic carbocycles. The van der Waals surface area contributed by atoms with Crippen molar-refractivity contribution in [2.45, 2.75) is 46.1 Å². The summed E-state index contributed by atoms with van der Waals surface area (Å²) in [5.41, 5.74) is 6.03. The Balaban J connectivity index is 1.99. The molecule has 2 aromatic rings. The topological polar surface area (TPSA) is 84.7 Å². The zero-order valence-electron chi connectivity index (χ0n) is 16.3. The number of aryl methyl sites for hydroxylation is 3. The molecule has 3 rings (SSSR count). The number of carbonyl (C=O) groups excluding carboxylic acids is 1. The van der Waals surface area contributed by atoms with Crippen molar-refractivity contribution in [3.05, 3.63) is 53.0 Å². The van der Waals surface area contributed by atoms with Crippen LogP contribution in [0.2, 0.25) is 0 Å². The third kappa shape index (κ3) is 3.11. The third-order valence-electron chi connectivity index (χ3n) is 5.63. The van der Waals surface area contributed by atoms with E-state index in [-0.39, 0.29) is 11.9 Å². The Kier molecular flexibility index (Phi) is 4.57. The van der Waals surface area contributed by atoms with Crippen LogP contribution in [0.4, 0.5) is 4.39 Å². The van der Waals surface area contributed by atoms with E-state index in [1.165, 1.54) is 11.0 Å². The molecule has 1 aliphatic heterocycles. The summed E-state index contributed by atoms with van der Waals surface area (Å²) in [7, 11) is 1.58. The predicted octanol–water partition coefficient (Wildman–Crippen LogP) is 2.94. The van der Waals surface area contributed by atoms with Gasteiger partial charge in [-0.2, -0.15) is 0 Å². The standard InChI is InChI=1S/C20H25FN4O2/c1-12-23-14(11-27-12)8-6-13-7-9-16(21)15(10-13)20(4)19(2,3)17(26)25(5)18(22)24-20/h7,9-11H,6,8H2,1-5H3,(H2,22,24)/t20-/m1/s1. The summed E-state index contributed by atoms with van der Waals surface area (Å²) in [4.78, 5) is 22.9. The molecule has 7 heteroatoms. The Labute approximate surface area is 158 Å². The van der Waals surface area contributed by atoms with E-state index >= 15 is 0 Å². The summed E-state index contributed by atoms with van der Waals surface area (Å²) in [5, 5.41) is 0. The van der Waals surface area contributed by atoms with Crippen LogP contribution in [-0.4, -0.2) is 28.8 Å². The molecular weight excluding hydrogens is 347 g/mol. The van der Waals surface area contributed by atoms with Crippen LogP contribution in [0, 0.1) is 18.2 Å². The van der Waals surface area contributed by atoms with Gasteiger partial charge < -0.3 is 10.2 Å². The number of amides is 1. The van der Waals surface area contributed by atoms with Crippen molar-refractivity contribution in [2.75, 3.05) is 7.05 Å². The predicted molar refractivity (Wildman–Crippen MR) is 101 cm³/mol. The molecular formula is C20H25FN4O2. The van der Waals surface area contributed by atoms with Crippen LogP contribution in [0.3, 0.4) is 0 Å². The number of aliphatic imine (C=N–C) groups is 1. The molecule has 2 N–H and O–H groups in total. The van der Waals surface area contributed by atoms with E-state index in [1.54, 1.807) is 53.1 Å². The highest BCUT2D eigenvalue weighted by Gasteiger charge is 2.53. The van der Waals surface area contributed by atoms with Crippen molar-refractivity contribution in [3.63, 3.8) is 0 Å². The van der Waals surface area contributed by atoms with Crippen molar-refractivity contribution < 1.29 is 13.6 Å². The monoisotopic (exact) mass is 372 g/mol. The number of guanidine groups is 1. The number of hydrogen-bond acceptors (Lipinski definition) is 5. The van der Waals surface area contributed by atoms with E-state index < -0.39 is 16.8 Å². The average Bonchev–Trinajstić information content (AvgIpc) is 3.03. The van der Waals surface area contributed by atoms with E-state index in [0.29, 0.717) is 24.3 Å². The SMILES string of the molecule is Cc1nc(CCc2ccc(F)c([C@@]3(C)N=C(N)N(C)C(=O)C3(C)C)c2)co1. The summed E-state index contributed by atoms with van der Waals surface area (Å²) in [6.45, 7) is 7.09. The number of nitrogens with zero attached hydrogens (tertiary/aromatic N) is 3. The lowest BCUT2D eigenvalue weighted by Gasteiger charge is -2.46. The lowest BCUT2D eigenvalue weighted by Crippen LogP contribution is -2.58. The number of halogens is 1. The molecule has 0 saturated carbocycles. The van der Waals surface area contributed by atoms with E-state index in [4.69, 9.17) is 10.2 Å². The van der Waals surface area contributed by atoms with Crippen molar-refractivity contribution in [1.82, 2.24) is 9.88 Å². The normalized spacial score (nSPS) is 22.1. The quantitative estimate of drug-likeness (QED) is 0.894. The summed E-state index contributed by atoms with van der Waals surface area (Å²) >= 11 is 0. The number of carbonyl (C=O) groups is 1. The van der Waals surface area contributed by atoms with E-state index in [2.05, 4.69) is 9.98 Å². The zero-order chi connectivity index (χ0) is 20.0. The lowest BCUT2D eigenvalue weighted by atomic mass is 9.67. The second-order valence-corrected chi connectivity index (χ2v) is 7.70. The maximum Gasteiger partial charge on any atom is 0.237 e. The highest BCUT2D eigenvalue weighted by molar-refractivity contribution is 6.01. The van der Waals surface area contributed by atoms with Crippen LogP contribution >= 0.6 is 0 Å². The minimum Gasteiger partial charge on any atom is -0.449 e. The summed E-state index contributed by atoms with van der Waals surface area (Å²) in [5.74, 6) is 0.110. The highest BCUT2D eigenvalue weighted by atomic mass is 19.1. The van der Waals surface area contributed by atoms with Gasteiger partial charge >= 0.3 is 0 Å². The molecule has 0 saturated heterocycles. The van der Waals surface area contributed by atoms with Crippen LogP contribution in [-0.2, 0) is 23.2 Å². The van der Waals surface area contributed by atoms with Crippen molar-refractivity contribution >= 4 is 11.9 Å². The maximum absolute atomic E-state index is 14.8. The molecule has 0 spiro atoms. The molecule has 2 heterocycles. The maximum atomic E-state index is 14.8. The van der Waals surface area contributed by atoms with Gasteiger partial charge in [0.05, 0.1) is 11.1 Å². The second-order valence-electron chi connectivity index (χ2n) is 7.70. The number of hydrogen-bond donors (Lipinski definition) is 1.